The molecule has 4 heteroatoms. The SMILES string of the molecule is Cc1nc(-c2ccc(CC(C)C)cc2)sc1C(=O)O. The lowest BCUT2D eigenvalue weighted by atomic mass is 10.0. The molecule has 0 aliphatic heterocycles. The minimum atomic E-state index is -0.905. The Balaban J connectivity index is 2.27. The largest absolute Gasteiger partial charge is 0.477 e. The van der Waals surface area contributed by atoms with Crippen LogP contribution in [0.2, 0.25) is 0 Å². The molecule has 0 spiro atoms. The van der Waals surface area contributed by atoms with Crippen LogP contribution in [0.4, 0.5) is 0 Å². The van der Waals surface area contributed by atoms with Crippen molar-refractivity contribution >= 4 is 17.3 Å². The number of rotatable bonds is 4. The van der Waals surface area contributed by atoms with Crippen LogP contribution in [0.15, 0.2) is 24.3 Å². The van der Waals surface area contributed by atoms with Crippen molar-refractivity contribution < 1.29 is 9.90 Å². The molecule has 100 valence electrons. The van der Waals surface area contributed by atoms with Crippen LogP contribution in [0.1, 0.15) is 34.8 Å². The van der Waals surface area contributed by atoms with Crippen LogP contribution in [0.25, 0.3) is 10.6 Å². The molecule has 0 fully saturated rings. The summed E-state index contributed by atoms with van der Waals surface area (Å²) in [7, 11) is 0. The number of carboxylic acid groups (broad SMARTS) is 1. The predicted octanol–water partition coefficient (Wildman–Crippen LogP) is 4.02. The van der Waals surface area contributed by atoms with Crippen LogP contribution in [0.3, 0.4) is 0 Å². The van der Waals surface area contributed by atoms with Crippen LogP contribution in [-0.4, -0.2) is 16.1 Å². The minimum absolute atomic E-state index is 0.321. The first-order chi connectivity index (χ1) is 8.97. The van der Waals surface area contributed by atoms with Crippen molar-refractivity contribution in [2.24, 2.45) is 5.92 Å². The Morgan fingerprint density at radius 3 is 2.42 bits per heavy atom. The second-order valence-electron chi connectivity index (χ2n) is 5.03. The molecule has 0 aliphatic carbocycles. The minimum Gasteiger partial charge on any atom is -0.477 e. The summed E-state index contributed by atoms with van der Waals surface area (Å²) in [5.74, 6) is -0.274. The number of hydrogen-bond acceptors (Lipinski definition) is 3. The maximum Gasteiger partial charge on any atom is 0.347 e. The Morgan fingerprint density at radius 1 is 1.32 bits per heavy atom. The molecule has 1 aromatic heterocycles. The first-order valence-corrected chi connectivity index (χ1v) is 7.09. The molecule has 1 aromatic carbocycles. The molecule has 0 unspecified atom stereocenters. The summed E-state index contributed by atoms with van der Waals surface area (Å²) in [5.41, 5.74) is 2.86. The maximum absolute atomic E-state index is 11.0. The number of benzene rings is 1. The first-order valence-electron chi connectivity index (χ1n) is 6.27. The number of carbonyl (C=O) groups is 1. The second kappa shape index (κ2) is 5.53. The van der Waals surface area contributed by atoms with Crippen molar-refractivity contribution in [3.05, 3.63) is 40.4 Å². The van der Waals surface area contributed by atoms with Gasteiger partial charge in [-0.05, 0) is 24.8 Å². The Kier molecular flexibility index (Phi) is 4.00. The lowest BCUT2D eigenvalue weighted by Gasteiger charge is -2.05. The molecule has 0 aliphatic rings. The lowest BCUT2D eigenvalue weighted by Crippen LogP contribution is -1.94. The Labute approximate surface area is 116 Å². The Bertz CT molecular complexity index is 585. The van der Waals surface area contributed by atoms with Gasteiger partial charge in [-0.25, -0.2) is 9.78 Å². The number of nitrogens with zero attached hydrogens (tertiary/aromatic N) is 1. The highest BCUT2D eigenvalue weighted by atomic mass is 32.1. The van der Waals surface area contributed by atoms with Crippen LogP contribution in [0, 0.1) is 12.8 Å². The van der Waals surface area contributed by atoms with Crippen molar-refractivity contribution in [2.75, 3.05) is 0 Å². The fourth-order valence-electron chi connectivity index (χ4n) is 1.97. The molecule has 19 heavy (non-hydrogen) atoms. The number of aryl methyl sites for hydroxylation is 1. The lowest BCUT2D eigenvalue weighted by molar-refractivity contribution is 0.0701. The molecule has 1 heterocycles. The average Bonchev–Trinajstić information content (AvgIpc) is 2.71. The normalized spacial score (nSPS) is 10.9. The van der Waals surface area contributed by atoms with Crippen LogP contribution in [0.5, 0.6) is 0 Å². The third-order valence-electron chi connectivity index (χ3n) is 2.84. The third kappa shape index (κ3) is 3.20. The van der Waals surface area contributed by atoms with E-state index in [0.29, 0.717) is 16.5 Å². The first kappa shape index (κ1) is 13.7. The smallest absolute Gasteiger partial charge is 0.347 e. The molecule has 2 aromatic rings. The molecule has 0 atom stereocenters. The number of aromatic nitrogens is 1. The van der Waals surface area contributed by atoms with Gasteiger partial charge < -0.3 is 5.11 Å². The van der Waals surface area contributed by atoms with E-state index in [1.165, 1.54) is 16.9 Å². The van der Waals surface area contributed by atoms with Crippen LogP contribution >= 0.6 is 11.3 Å². The van der Waals surface area contributed by atoms with E-state index in [-0.39, 0.29) is 0 Å². The van der Waals surface area contributed by atoms with Gasteiger partial charge in [0.15, 0.2) is 0 Å². The summed E-state index contributed by atoms with van der Waals surface area (Å²) >= 11 is 1.23. The molecule has 0 amide bonds. The quantitative estimate of drug-likeness (QED) is 0.917. The number of thiazole rings is 1. The topological polar surface area (TPSA) is 50.2 Å². The van der Waals surface area contributed by atoms with E-state index in [2.05, 4.69) is 31.0 Å². The Hall–Kier alpha value is -1.68. The summed E-state index contributed by atoms with van der Waals surface area (Å²) in [4.78, 5) is 15.7. The number of hydrogen-bond donors (Lipinski definition) is 1. The molecular formula is C15H17NO2S. The summed E-state index contributed by atoms with van der Waals surface area (Å²) in [6.45, 7) is 6.12. The van der Waals surface area contributed by atoms with Crippen molar-refractivity contribution in [3.63, 3.8) is 0 Å². The van der Waals surface area contributed by atoms with E-state index in [9.17, 15) is 4.79 Å². The van der Waals surface area contributed by atoms with E-state index in [1.54, 1.807) is 6.92 Å². The highest BCUT2D eigenvalue weighted by molar-refractivity contribution is 7.17. The zero-order valence-electron chi connectivity index (χ0n) is 11.3. The van der Waals surface area contributed by atoms with Gasteiger partial charge in [0.2, 0.25) is 0 Å². The molecule has 0 saturated heterocycles. The molecule has 1 N–H and O–H groups in total. The second-order valence-corrected chi connectivity index (χ2v) is 6.03. The van der Waals surface area contributed by atoms with Crippen molar-refractivity contribution in [1.82, 2.24) is 4.98 Å². The molecule has 0 saturated carbocycles. The van der Waals surface area contributed by atoms with Crippen LogP contribution in [-0.2, 0) is 6.42 Å². The zero-order chi connectivity index (χ0) is 14.0. The van der Waals surface area contributed by atoms with Crippen molar-refractivity contribution in [2.45, 2.75) is 27.2 Å². The van der Waals surface area contributed by atoms with E-state index < -0.39 is 5.97 Å². The van der Waals surface area contributed by atoms with Gasteiger partial charge in [-0.3, -0.25) is 0 Å². The third-order valence-corrected chi connectivity index (χ3v) is 4.03. The Morgan fingerprint density at radius 2 is 1.95 bits per heavy atom. The van der Waals surface area contributed by atoms with Gasteiger partial charge in [0, 0.05) is 5.56 Å². The predicted molar refractivity (Wildman–Crippen MR) is 77.8 cm³/mol. The van der Waals surface area contributed by atoms with E-state index in [4.69, 9.17) is 5.11 Å². The maximum atomic E-state index is 11.0. The highest BCUT2D eigenvalue weighted by Crippen LogP contribution is 2.28. The van der Waals surface area contributed by atoms with Gasteiger partial charge in [0.25, 0.3) is 0 Å². The van der Waals surface area contributed by atoms with Gasteiger partial charge in [0.1, 0.15) is 9.88 Å². The van der Waals surface area contributed by atoms with Gasteiger partial charge >= 0.3 is 5.97 Å². The summed E-state index contributed by atoms with van der Waals surface area (Å²) in [5, 5.41) is 9.81. The average molecular weight is 275 g/mol. The standard InChI is InChI=1S/C15H17NO2S/c1-9(2)8-11-4-6-12(7-5-11)14-16-10(3)13(19-14)15(17)18/h4-7,9H,8H2,1-3H3,(H,17,18). The van der Waals surface area contributed by atoms with Crippen molar-refractivity contribution in [1.29, 1.82) is 0 Å². The molecule has 2 rings (SSSR count). The van der Waals surface area contributed by atoms with Gasteiger partial charge in [-0.1, -0.05) is 38.1 Å². The highest BCUT2D eigenvalue weighted by Gasteiger charge is 2.14. The van der Waals surface area contributed by atoms with Gasteiger partial charge in [-0.15, -0.1) is 11.3 Å². The number of carboxylic acids is 1. The van der Waals surface area contributed by atoms with Crippen LogP contribution < -0.4 is 0 Å². The van der Waals surface area contributed by atoms with E-state index >= 15 is 0 Å². The van der Waals surface area contributed by atoms with Crippen molar-refractivity contribution in [3.8, 4) is 10.6 Å². The number of aromatic carboxylic acids is 1. The van der Waals surface area contributed by atoms with Gasteiger partial charge in [0.05, 0.1) is 5.69 Å². The van der Waals surface area contributed by atoms with E-state index in [1.807, 2.05) is 12.1 Å². The monoisotopic (exact) mass is 275 g/mol. The molecule has 0 radical (unpaired) electrons. The summed E-state index contributed by atoms with van der Waals surface area (Å²) in [6.07, 6.45) is 1.05. The summed E-state index contributed by atoms with van der Waals surface area (Å²) in [6, 6.07) is 8.21. The fourth-order valence-corrected chi connectivity index (χ4v) is 2.88. The zero-order valence-corrected chi connectivity index (χ0v) is 12.1. The molecule has 0 bridgehead atoms. The molecule has 3 nitrogen and oxygen atoms in total. The fraction of sp³-hybridized carbons (Fsp3) is 0.333. The summed E-state index contributed by atoms with van der Waals surface area (Å²) < 4.78 is 0. The van der Waals surface area contributed by atoms with E-state index in [0.717, 1.165) is 17.0 Å². The van der Waals surface area contributed by atoms with Gasteiger partial charge in [-0.2, -0.15) is 0 Å². The molecular weight excluding hydrogens is 258 g/mol.